The first-order valence-electron chi connectivity index (χ1n) is 6.48. The lowest BCUT2D eigenvalue weighted by atomic mass is 10.1. The van der Waals surface area contributed by atoms with Crippen molar-refractivity contribution in [2.24, 2.45) is 5.92 Å². The van der Waals surface area contributed by atoms with E-state index in [1.54, 1.807) is 0 Å². The third-order valence-corrected chi connectivity index (χ3v) is 4.85. The average molecular weight is 296 g/mol. The van der Waals surface area contributed by atoms with Crippen LogP contribution >= 0.6 is 0 Å². The van der Waals surface area contributed by atoms with Gasteiger partial charge in [0.1, 0.15) is 0 Å². The van der Waals surface area contributed by atoms with Crippen molar-refractivity contribution in [2.45, 2.75) is 24.8 Å². The second-order valence-corrected chi connectivity index (χ2v) is 7.05. The number of hydrogen-bond acceptors (Lipinski definition) is 5. The van der Waals surface area contributed by atoms with E-state index < -0.39 is 9.84 Å². The highest BCUT2D eigenvalue weighted by molar-refractivity contribution is 7.91. The predicted molar refractivity (Wildman–Crippen MR) is 76.9 cm³/mol. The smallest absolute Gasteiger partial charge is 0.179 e. The molecule has 2 N–H and O–H groups in total. The van der Waals surface area contributed by atoms with Crippen molar-refractivity contribution in [3.05, 3.63) is 29.8 Å². The van der Waals surface area contributed by atoms with Crippen LogP contribution in [0.25, 0.3) is 0 Å². The maximum absolute atomic E-state index is 12.1. The van der Waals surface area contributed by atoms with Gasteiger partial charge in [0, 0.05) is 12.6 Å². The zero-order chi connectivity index (χ0) is 15.2. The van der Waals surface area contributed by atoms with Crippen LogP contribution in [0.4, 0.5) is 0 Å². The van der Waals surface area contributed by atoms with Crippen molar-refractivity contribution in [3.8, 4) is 6.07 Å². The lowest BCUT2D eigenvalue weighted by Gasteiger charge is -2.19. The van der Waals surface area contributed by atoms with Crippen LogP contribution in [0.5, 0.6) is 0 Å². The van der Waals surface area contributed by atoms with E-state index in [4.69, 9.17) is 10.4 Å². The van der Waals surface area contributed by atoms with E-state index in [1.165, 1.54) is 24.3 Å². The normalized spacial score (nSPS) is 13.2. The first-order chi connectivity index (χ1) is 9.40. The SMILES string of the molecule is CC(C)C(CO)NCCS(=O)(=O)c1ccc(C#N)cc1. The molecule has 6 heteroatoms. The summed E-state index contributed by atoms with van der Waals surface area (Å²) in [6, 6.07) is 7.71. The second-order valence-electron chi connectivity index (χ2n) is 4.94. The topological polar surface area (TPSA) is 90.2 Å². The van der Waals surface area contributed by atoms with Crippen molar-refractivity contribution in [2.75, 3.05) is 18.9 Å². The summed E-state index contributed by atoms with van der Waals surface area (Å²) >= 11 is 0. The van der Waals surface area contributed by atoms with Crippen molar-refractivity contribution in [1.29, 1.82) is 5.26 Å². The molecule has 0 amide bonds. The molecule has 0 aromatic heterocycles. The molecule has 110 valence electrons. The van der Waals surface area contributed by atoms with Crippen LogP contribution in [0.2, 0.25) is 0 Å². The molecule has 0 radical (unpaired) electrons. The first-order valence-corrected chi connectivity index (χ1v) is 8.13. The van der Waals surface area contributed by atoms with E-state index in [1.807, 2.05) is 19.9 Å². The van der Waals surface area contributed by atoms with Gasteiger partial charge in [-0.25, -0.2) is 8.42 Å². The molecule has 0 saturated heterocycles. The maximum atomic E-state index is 12.1. The molecule has 0 spiro atoms. The van der Waals surface area contributed by atoms with Crippen LogP contribution in [0, 0.1) is 17.2 Å². The summed E-state index contributed by atoms with van der Waals surface area (Å²) in [5.41, 5.74) is 0.433. The Kier molecular flexibility index (Phi) is 6.14. The highest BCUT2D eigenvalue weighted by Gasteiger charge is 2.16. The number of nitriles is 1. The summed E-state index contributed by atoms with van der Waals surface area (Å²) in [7, 11) is -3.37. The van der Waals surface area contributed by atoms with Gasteiger partial charge in [-0.15, -0.1) is 0 Å². The van der Waals surface area contributed by atoms with E-state index in [0.29, 0.717) is 5.56 Å². The molecule has 0 fully saturated rings. The van der Waals surface area contributed by atoms with Gasteiger partial charge in [0.05, 0.1) is 28.9 Å². The van der Waals surface area contributed by atoms with Crippen molar-refractivity contribution in [3.63, 3.8) is 0 Å². The lowest BCUT2D eigenvalue weighted by Crippen LogP contribution is -2.39. The summed E-state index contributed by atoms with van der Waals surface area (Å²) < 4.78 is 24.2. The molecule has 0 heterocycles. The Morgan fingerprint density at radius 2 is 1.90 bits per heavy atom. The largest absolute Gasteiger partial charge is 0.395 e. The van der Waals surface area contributed by atoms with E-state index in [0.717, 1.165) is 0 Å². The van der Waals surface area contributed by atoms with Gasteiger partial charge in [-0.1, -0.05) is 13.8 Å². The highest BCUT2D eigenvalue weighted by atomic mass is 32.2. The first kappa shape index (κ1) is 16.6. The third kappa shape index (κ3) is 4.60. The lowest BCUT2D eigenvalue weighted by molar-refractivity contribution is 0.213. The molecule has 1 aromatic carbocycles. The van der Waals surface area contributed by atoms with Gasteiger partial charge >= 0.3 is 0 Å². The van der Waals surface area contributed by atoms with Gasteiger partial charge in [0.2, 0.25) is 0 Å². The third-order valence-electron chi connectivity index (χ3n) is 3.12. The molecule has 5 nitrogen and oxygen atoms in total. The summed E-state index contributed by atoms with van der Waals surface area (Å²) in [6.07, 6.45) is 0. The molecule has 1 rings (SSSR count). The number of hydrogen-bond donors (Lipinski definition) is 2. The van der Waals surface area contributed by atoms with Crippen LogP contribution < -0.4 is 5.32 Å². The van der Waals surface area contributed by atoms with Gasteiger partial charge in [-0.3, -0.25) is 0 Å². The molecule has 0 aliphatic heterocycles. The minimum Gasteiger partial charge on any atom is -0.395 e. The number of nitrogens with zero attached hydrogens (tertiary/aromatic N) is 1. The molecule has 0 aliphatic carbocycles. The molecule has 20 heavy (non-hydrogen) atoms. The Bertz CT molecular complexity index is 559. The van der Waals surface area contributed by atoms with Crippen LogP contribution in [0.1, 0.15) is 19.4 Å². The minimum absolute atomic E-state index is 0.0193. The fourth-order valence-electron chi connectivity index (χ4n) is 1.74. The summed E-state index contributed by atoms with van der Waals surface area (Å²) in [5, 5.41) is 20.9. The Morgan fingerprint density at radius 3 is 2.35 bits per heavy atom. The van der Waals surface area contributed by atoms with Gasteiger partial charge in [0.25, 0.3) is 0 Å². The monoisotopic (exact) mass is 296 g/mol. The van der Waals surface area contributed by atoms with Crippen LogP contribution in [-0.4, -0.2) is 38.5 Å². The molecular weight excluding hydrogens is 276 g/mol. The van der Waals surface area contributed by atoms with Gasteiger partial charge in [-0.05, 0) is 30.2 Å². The zero-order valence-corrected chi connectivity index (χ0v) is 12.5. The van der Waals surface area contributed by atoms with Crippen molar-refractivity contribution < 1.29 is 13.5 Å². The maximum Gasteiger partial charge on any atom is 0.179 e. The number of aliphatic hydroxyl groups is 1. The van der Waals surface area contributed by atoms with E-state index in [9.17, 15) is 8.42 Å². The molecule has 1 aromatic rings. The van der Waals surface area contributed by atoms with Gasteiger partial charge in [-0.2, -0.15) is 5.26 Å². The Labute approximate surface area is 120 Å². The van der Waals surface area contributed by atoms with Gasteiger partial charge in [0.15, 0.2) is 9.84 Å². The van der Waals surface area contributed by atoms with Crippen LogP contribution in [0.15, 0.2) is 29.2 Å². The molecule has 0 bridgehead atoms. The second kappa shape index (κ2) is 7.39. The molecule has 0 aliphatic rings. The summed E-state index contributed by atoms with van der Waals surface area (Å²) in [5.74, 6) is 0.194. The summed E-state index contributed by atoms with van der Waals surface area (Å²) in [6.45, 7) is 4.19. The van der Waals surface area contributed by atoms with E-state index in [2.05, 4.69) is 5.32 Å². The average Bonchev–Trinajstić information content (AvgIpc) is 2.43. The highest BCUT2D eigenvalue weighted by Crippen LogP contribution is 2.12. The molecular formula is C14H20N2O3S. The Morgan fingerprint density at radius 1 is 1.30 bits per heavy atom. The predicted octanol–water partition coefficient (Wildman–Crippen LogP) is 0.938. The van der Waals surface area contributed by atoms with Gasteiger partial charge < -0.3 is 10.4 Å². The molecule has 1 unspecified atom stereocenters. The van der Waals surface area contributed by atoms with Crippen molar-refractivity contribution in [1.82, 2.24) is 5.32 Å². The molecule has 0 saturated carbocycles. The zero-order valence-electron chi connectivity index (χ0n) is 11.7. The number of aliphatic hydroxyl groups excluding tert-OH is 1. The summed E-state index contributed by atoms with van der Waals surface area (Å²) in [4.78, 5) is 0.211. The quantitative estimate of drug-likeness (QED) is 0.781. The number of nitrogens with one attached hydrogen (secondary N) is 1. The minimum atomic E-state index is -3.37. The Balaban J connectivity index is 2.64. The van der Waals surface area contributed by atoms with Crippen LogP contribution in [0.3, 0.4) is 0 Å². The molecule has 1 atom stereocenters. The van der Waals surface area contributed by atoms with Crippen molar-refractivity contribution >= 4 is 9.84 Å². The van der Waals surface area contributed by atoms with E-state index >= 15 is 0 Å². The number of sulfone groups is 1. The Hall–Kier alpha value is -1.42. The van der Waals surface area contributed by atoms with E-state index in [-0.39, 0.29) is 35.8 Å². The standard InChI is InChI=1S/C14H20N2O3S/c1-11(2)14(10-17)16-7-8-20(18,19)13-5-3-12(9-15)4-6-13/h3-6,11,14,16-17H,7-8,10H2,1-2H3. The fraction of sp³-hybridized carbons (Fsp3) is 0.500. The number of benzene rings is 1. The number of rotatable bonds is 7. The van der Waals surface area contributed by atoms with Crippen LogP contribution in [-0.2, 0) is 9.84 Å². The fourth-order valence-corrected chi connectivity index (χ4v) is 2.92.